The second-order valence-corrected chi connectivity index (χ2v) is 5.84. The van der Waals surface area contributed by atoms with Crippen LogP contribution in [0.5, 0.6) is 0 Å². The van der Waals surface area contributed by atoms with Gasteiger partial charge in [-0.3, -0.25) is 14.5 Å². The molecule has 0 unspecified atom stereocenters. The van der Waals surface area contributed by atoms with E-state index in [0.29, 0.717) is 35.3 Å². The molecule has 0 aliphatic carbocycles. The van der Waals surface area contributed by atoms with E-state index in [9.17, 15) is 9.59 Å². The minimum absolute atomic E-state index is 0.0357. The third-order valence-electron chi connectivity index (χ3n) is 4.27. The average molecular weight is 312 g/mol. The van der Waals surface area contributed by atoms with Crippen LogP contribution in [0.15, 0.2) is 28.8 Å². The third-order valence-corrected chi connectivity index (χ3v) is 4.27. The molecule has 3 heterocycles. The Hall–Kier alpha value is -2.54. The minimum atomic E-state index is -0.311. The number of aromatic nitrogens is 2. The largest absolute Gasteiger partial charge is 0.339 e. The molecule has 0 bridgehead atoms. The van der Waals surface area contributed by atoms with Crippen LogP contribution < -0.4 is 5.32 Å². The highest BCUT2D eigenvalue weighted by atomic mass is 16.5. The predicted octanol–water partition coefficient (Wildman–Crippen LogP) is 1.16. The van der Waals surface area contributed by atoms with Crippen molar-refractivity contribution >= 4 is 11.8 Å². The summed E-state index contributed by atoms with van der Waals surface area (Å²) in [4.78, 5) is 30.1. The highest BCUT2D eigenvalue weighted by Gasteiger charge is 2.36. The second-order valence-electron chi connectivity index (χ2n) is 5.84. The maximum absolute atomic E-state index is 12.3. The Bertz CT molecular complexity index is 729. The average Bonchev–Trinajstić information content (AvgIpc) is 3.27. The summed E-state index contributed by atoms with van der Waals surface area (Å²) in [5.41, 5.74) is 0.854. The zero-order valence-corrected chi connectivity index (χ0v) is 12.5. The quantitative estimate of drug-likeness (QED) is 0.852. The van der Waals surface area contributed by atoms with E-state index < -0.39 is 0 Å². The molecule has 2 aliphatic heterocycles. The third kappa shape index (κ3) is 2.53. The maximum atomic E-state index is 12.3. The molecule has 1 saturated heterocycles. The molecule has 118 valence electrons. The van der Waals surface area contributed by atoms with Crippen molar-refractivity contribution in [3.63, 3.8) is 0 Å². The van der Waals surface area contributed by atoms with E-state index in [0.717, 1.165) is 24.3 Å². The first kappa shape index (κ1) is 14.1. The Morgan fingerprint density at radius 1 is 1.22 bits per heavy atom. The first-order chi connectivity index (χ1) is 11.2. The van der Waals surface area contributed by atoms with Crippen LogP contribution in [0.4, 0.5) is 0 Å². The first-order valence-electron chi connectivity index (χ1n) is 7.72. The summed E-state index contributed by atoms with van der Waals surface area (Å²) < 4.78 is 5.23. The fraction of sp³-hybridized carbons (Fsp3) is 0.375. The van der Waals surface area contributed by atoms with Gasteiger partial charge in [0.25, 0.3) is 11.8 Å². The van der Waals surface area contributed by atoms with Crippen molar-refractivity contribution in [3.8, 4) is 0 Å². The van der Waals surface area contributed by atoms with Crippen molar-refractivity contribution in [2.75, 3.05) is 6.54 Å². The fourth-order valence-electron chi connectivity index (χ4n) is 3.10. The zero-order chi connectivity index (χ0) is 15.8. The summed E-state index contributed by atoms with van der Waals surface area (Å²) >= 11 is 0. The number of benzene rings is 1. The van der Waals surface area contributed by atoms with Crippen molar-refractivity contribution < 1.29 is 14.1 Å². The zero-order valence-electron chi connectivity index (χ0n) is 12.5. The van der Waals surface area contributed by atoms with E-state index in [2.05, 4.69) is 15.5 Å². The molecule has 2 amide bonds. The molecule has 0 radical (unpaired) electrons. The summed E-state index contributed by atoms with van der Waals surface area (Å²) in [6, 6.07) is 7.16. The standard InChI is InChI=1S/C16H16N4O3/c21-15-11-5-1-2-6-12(11)16(22)20(15)9-13-18-14(23-19-13)8-10-4-3-7-17-10/h1-2,5-6,10,17H,3-4,7-9H2/t10-/m0/s1. The van der Waals surface area contributed by atoms with Gasteiger partial charge in [0.1, 0.15) is 0 Å². The van der Waals surface area contributed by atoms with Crippen molar-refractivity contribution in [1.82, 2.24) is 20.4 Å². The number of fused-ring (bicyclic) bond motifs is 1. The molecule has 1 aromatic carbocycles. The molecule has 1 fully saturated rings. The van der Waals surface area contributed by atoms with Gasteiger partial charge in [-0.25, -0.2) is 0 Å². The Labute approximate surface area is 132 Å². The van der Waals surface area contributed by atoms with Gasteiger partial charge in [-0.1, -0.05) is 17.3 Å². The van der Waals surface area contributed by atoms with E-state index in [4.69, 9.17) is 4.52 Å². The molecular weight excluding hydrogens is 296 g/mol. The molecule has 1 N–H and O–H groups in total. The molecule has 2 aliphatic rings. The lowest BCUT2D eigenvalue weighted by molar-refractivity contribution is 0.0637. The van der Waals surface area contributed by atoms with Gasteiger partial charge >= 0.3 is 0 Å². The number of hydrogen-bond acceptors (Lipinski definition) is 6. The van der Waals surface area contributed by atoms with Gasteiger partial charge < -0.3 is 9.84 Å². The van der Waals surface area contributed by atoms with Crippen LogP contribution in [0.2, 0.25) is 0 Å². The Morgan fingerprint density at radius 2 is 1.96 bits per heavy atom. The topological polar surface area (TPSA) is 88.3 Å². The number of rotatable bonds is 4. The molecule has 0 spiro atoms. The maximum Gasteiger partial charge on any atom is 0.261 e. The molecule has 7 heteroatoms. The van der Waals surface area contributed by atoms with Gasteiger partial charge in [-0.05, 0) is 31.5 Å². The van der Waals surface area contributed by atoms with E-state index >= 15 is 0 Å². The van der Waals surface area contributed by atoms with Gasteiger partial charge in [-0.2, -0.15) is 4.98 Å². The normalized spacial score (nSPS) is 20.3. The molecule has 7 nitrogen and oxygen atoms in total. The SMILES string of the molecule is O=C1c2ccccc2C(=O)N1Cc1noc(C[C@@H]2CCCN2)n1. The van der Waals surface area contributed by atoms with Crippen molar-refractivity contribution in [1.29, 1.82) is 0 Å². The van der Waals surface area contributed by atoms with Crippen LogP contribution >= 0.6 is 0 Å². The lowest BCUT2D eigenvalue weighted by atomic mass is 10.1. The van der Waals surface area contributed by atoms with E-state index in [1.807, 2.05) is 0 Å². The van der Waals surface area contributed by atoms with Crippen molar-refractivity contribution in [2.45, 2.75) is 31.8 Å². The van der Waals surface area contributed by atoms with Gasteiger partial charge in [0.15, 0.2) is 5.82 Å². The van der Waals surface area contributed by atoms with Gasteiger partial charge in [0.2, 0.25) is 5.89 Å². The summed E-state index contributed by atoms with van der Waals surface area (Å²) in [6.45, 7) is 1.05. The lowest BCUT2D eigenvalue weighted by Gasteiger charge is -2.10. The first-order valence-corrected chi connectivity index (χ1v) is 7.72. The van der Waals surface area contributed by atoms with Gasteiger partial charge in [0.05, 0.1) is 17.7 Å². The van der Waals surface area contributed by atoms with E-state index in [-0.39, 0.29) is 18.4 Å². The van der Waals surface area contributed by atoms with Gasteiger partial charge in [0, 0.05) is 12.5 Å². The van der Waals surface area contributed by atoms with Crippen LogP contribution in [0.25, 0.3) is 0 Å². The van der Waals surface area contributed by atoms with Crippen LogP contribution in [0.1, 0.15) is 45.3 Å². The summed E-state index contributed by atoms with van der Waals surface area (Å²) in [5, 5.41) is 7.26. The number of carbonyl (C=O) groups is 2. The second kappa shape index (κ2) is 5.58. The highest BCUT2D eigenvalue weighted by molar-refractivity contribution is 6.21. The molecule has 1 atom stereocenters. The number of imide groups is 1. The Morgan fingerprint density at radius 3 is 2.61 bits per heavy atom. The molecule has 0 saturated carbocycles. The fourth-order valence-corrected chi connectivity index (χ4v) is 3.10. The van der Waals surface area contributed by atoms with E-state index in [1.54, 1.807) is 24.3 Å². The van der Waals surface area contributed by atoms with Crippen molar-refractivity contribution in [2.24, 2.45) is 0 Å². The summed E-state index contributed by atoms with van der Waals surface area (Å²) in [7, 11) is 0. The Kier molecular flexibility index (Phi) is 3.42. The number of nitrogens with one attached hydrogen (secondary N) is 1. The molecular formula is C16H16N4O3. The monoisotopic (exact) mass is 312 g/mol. The van der Waals surface area contributed by atoms with Crippen LogP contribution in [0, 0.1) is 0 Å². The lowest BCUT2D eigenvalue weighted by Crippen LogP contribution is -2.29. The highest BCUT2D eigenvalue weighted by Crippen LogP contribution is 2.23. The summed E-state index contributed by atoms with van der Waals surface area (Å²) in [5.74, 6) is 0.271. The van der Waals surface area contributed by atoms with Crippen molar-refractivity contribution in [3.05, 3.63) is 47.1 Å². The molecule has 2 aromatic rings. The predicted molar refractivity (Wildman–Crippen MR) is 79.7 cm³/mol. The van der Waals surface area contributed by atoms with Crippen LogP contribution in [0.3, 0.4) is 0 Å². The Balaban J connectivity index is 1.48. The van der Waals surface area contributed by atoms with Crippen LogP contribution in [-0.2, 0) is 13.0 Å². The van der Waals surface area contributed by atoms with Crippen LogP contribution in [-0.4, -0.2) is 39.4 Å². The minimum Gasteiger partial charge on any atom is -0.339 e. The van der Waals surface area contributed by atoms with E-state index in [1.165, 1.54) is 0 Å². The molecule has 4 rings (SSSR count). The number of carbonyl (C=O) groups excluding carboxylic acids is 2. The smallest absolute Gasteiger partial charge is 0.261 e. The van der Waals surface area contributed by atoms with Gasteiger partial charge in [-0.15, -0.1) is 0 Å². The number of nitrogens with zero attached hydrogens (tertiary/aromatic N) is 3. The molecule has 23 heavy (non-hydrogen) atoms. The summed E-state index contributed by atoms with van der Waals surface area (Å²) in [6.07, 6.45) is 2.92. The molecule has 1 aromatic heterocycles. The number of amides is 2. The number of hydrogen-bond donors (Lipinski definition) is 1.